The van der Waals surface area contributed by atoms with E-state index in [4.69, 9.17) is 0 Å². The number of fused-ring (bicyclic) bond motifs is 1. The highest BCUT2D eigenvalue weighted by Crippen LogP contribution is 2.22. The second-order valence-electron chi connectivity index (χ2n) is 5.99. The van der Waals surface area contributed by atoms with Gasteiger partial charge in [-0.1, -0.05) is 30.0 Å². The Hall–Kier alpha value is -2.61. The Labute approximate surface area is 155 Å². The first-order chi connectivity index (χ1) is 12.3. The van der Waals surface area contributed by atoms with E-state index in [2.05, 4.69) is 22.2 Å². The summed E-state index contributed by atoms with van der Waals surface area (Å²) < 4.78 is 1.47. The average molecular weight is 374 g/mol. The van der Waals surface area contributed by atoms with Crippen LogP contribution in [-0.4, -0.2) is 32.8 Å². The van der Waals surface area contributed by atoms with Crippen molar-refractivity contribution in [3.8, 4) is 0 Å². The fourth-order valence-electron chi connectivity index (χ4n) is 2.25. The molecule has 26 heavy (non-hydrogen) atoms. The number of hydrogen-bond acceptors (Lipinski definition) is 5. The number of nitrogens with zero attached hydrogens (tertiary/aromatic N) is 2. The summed E-state index contributed by atoms with van der Waals surface area (Å²) in [5.41, 5.74) is 0.369. The van der Waals surface area contributed by atoms with Crippen molar-refractivity contribution in [3.63, 3.8) is 0 Å². The molecule has 1 heterocycles. The summed E-state index contributed by atoms with van der Waals surface area (Å²) in [7, 11) is 0. The number of allylic oxidation sites excluding steroid dienone is 1. The van der Waals surface area contributed by atoms with E-state index < -0.39 is 17.2 Å². The summed E-state index contributed by atoms with van der Waals surface area (Å²) in [4.78, 5) is 41.1. The number of aromatic nitrogens is 2. The zero-order chi connectivity index (χ0) is 19.3. The largest absolute Gasteiger partial charge is 0.336 e. The molecule has 0 radical (unpaired) electrons. The van der Waals surface area contributed by atoms with Gasteiger partial charge in [0.1, 0.15) is 0 Å². The molecule has 0 aliphatic carbocycles. The second-order valence-corrected chi connectivity index (χ2v) is 7.30. The molecule has 0 unspecified atom stereocenters. The van der Waals surface area contributed by atoms with Gasteiger partial charge in [-0.3, -0.25) is 19.5 Å². The van der Waals surface area contributed by atoms with Gasteiger partial charge in [0.05, 0.1) is 16.2 Å². The lowest BCUT2D eigenvalue weighted by atomic mass is 10.2. The first kappa shape index (κ1) is 19.7. The number of imide groups is 1. The average Bonchev–Trinajstić information content (AvgIpc) is 2.57. The lowest BCUT2D eigenvalue weighted by molar-refractivity contribution is -0.119. The Morgan fingerprint density at radius 1 is 1.31 bits per heavy atom. The predicted octanol–water partition coefficient (Wildman–Crippen LogP) is 2.30. The summed E-state index contributed by atoms with van der Waals surface area (Å²) in [6.07, 6.45) is 1.60. The number of benzene rings is 1. The number of carbonyl (C=O) groups is 2. The summed E-state index contributed by atoms with van der Waals surface area (Å²) in [6.45, 7) is 9.21. The lowest BCUT2D eigenvalue weighted by Crippen LogP contribution is -2.45. The molecule has 0 saturated heterocycles. The minimum atomic E-state index is -0.614. The summed E-state index contributed by atoms with van der Waals surface area (Å²) in [6, 6.07) is 6.41. The Morgan fingerprint density at radius 2 is 2.00 bits per heavy atom. The van der Waals surface area contributed by atoms with Crippen LogP contribution in [0.3, 0.4) is 0 Å². The Morgan fingerprint density at radius 3 is 2.65 bits per heavy atom. The van der Waals surface area contributed by atoms with Crippen molar-refractivity contribution in [2.24, 2.45) is 0 Å². The quantitative estimate of drug-likeness (QED) is 0.460. The fraction of sp³-hybridized carbons (Fsp3) is 0.333. The summed E-state index contributed by atoms with van der Waals surface area (Å²) >= 11 is 1.12. The van der Waals surface area contributed by atoms with Crippen LogP contribution in [0.25, 0.3) is 10.9 Å². The molecule has 1 aromatic carbocycles. The van der Waals surface area contributed by atoms with E-state index in [0.717, 1.165) is 11.8 Å². The molecule has 1 aromatic heterocycles. The van der Waals surface area contributed by atoms with Crippen LogP contribution in [0.2, 0.25) is 0 Å². The Bertz CT molecular complexity index is 892. The van der Waals surface area contributed by atoms with Crippen LogP contribution in [0.1, 0.15) is 20.8 Å². The van der Waals surface area contributed by atoms with Crippen molar-refractivity contribution in [3.05, 3.63) is 47.3 Å². The highest BCUT2D eigenvalue weighted by molar-refractivity contribution is 8.00. The zero-order valence-corrected chi connectivity index (χ0v) is 15.8. The molecule has 0 aliphatic heterocycles. The molecule has 2 aromatic rings. The van der Waals surface area contributed by atoms with Crippen molar-refractivity contribution < 1.29 is 9.59 Å². The first-order valence-electron chi connectivity index (χ1n) is 8.22. The molecular weight excluding hydrogens is 352 g/mol. The molecule has 1 atom stereocenters. The van der Waals surface area contributed by atoms with E-state index in [9.17, 15) is 14.4 Å². The van der Waals surface area contributed by atoms with Gasteiger partial charge in [0.25, 0.3) is 5.56 Å². The van der Waals surface area contributed by atoms with Gasteiger partial charge >= 0.3 is 6.03 Å². The summed E-state index contributed by atoms with van der Waals surface area (Å²) in [5, 5.41) is 5.18. The molecule has 7 nitrogen and oxygen atoms in total. The molecule has 0 spiro atoms. The predicted molar refractivity (Wildman–Crippen MR) is 103 cm³/mol. The van der Waals surface area contributed by atoms with E-state index in [-0.39, 0.29) is 18.1 Å². The molecule has 138 valence electrons. The maximum atomic E-state index is 12.7. The van der Waals surface area contributed by atoms with Crippen molar-refractivity contribution in [1.29, 1.82) is 0 Å². The molecule has 8 heteroatoms. The molecule has 0 bridgehead atoms. The minimum Gasteiger partial charge on any atom is -0.336 e. The Balaban J connectivity index is 2.27. The van der Waals surface area contributed by atoms with E-state index in [1.54, 1.807) is 51.1 Å². The highest BCUT2D eigenvalue weighted by atomic mass is 32.2. The van der Waals surface area contributed by atoms with E-state index in [0.29, 0.717) is 16.1 Å². The molecule has 0 aliphatic rings. The number of thioether (sulfide) groups is 1. The molecular formula is C18H22N4O3S. The maximum absolute atomic E-state index is 12.7. The van der Waals surface area contributed by atoms with Crippen molar-refractivity contribution in [2.45, 2.75) is 43.8 Å². The van der Waals surface area contributed by atoms with Crippen molar-refractivity contribution in [2.75, 3.05) is 0 Å². The molecule has 2 rings (SSSR count). The first-order valence-corrected chi connectivity index (χ1v) is 9.10. The fourth-order valence-corrected chi connectivity index (χ4v) is 3.17. The van der Waals surface area contributed by atoms with E-state index >= 15 is 0 Å². The van der Waals surface area contributed by atoms with Crippen LogP contribution >= 0.6 is 11.8 Å². The molecule has 2 N–H and O–H groups in total. The number of urea groups is 1. The van der Waals surface area contributed by atoms with E-state index in [1.165, 1.54) is 4.57 Å². The van der Waals surface area contributed by atoms with Gasteiger partial charge in [0.2, 0.25) is 5.91 Å². The maximum Gasteiger partial charge on any atom is 0.321 e. The van der Waals surface area contributed by atoms with Gasteiger partial charge in [-0.15, -0.1) is 6.58 Å². The van der Waals surface area contributed by atoms with Gasteiger partial charge < -0.3 is 5.32 Å². The van der Waals surface area contributed by atoms with E-state index in [1.807, 2.05) is 0 Å². The van der Waals surface area contributed by atoms with Crippen LogP contribution < -0.4 is 16.2 Å². The van der Waals surface area contributed by atoms with Gasteiger partial charge in [-0.25, -0.2) is 9.78 Å². The van der Waals surface area contributed by atoms with Crippen LogP contribution in [0, 0.1) is 0 Å². The SMILES string of the molecule is C=CCn1c(S[C@H](C)C(=O)NC(=O)NC(C)C)nc2ccccc2c1=O. The monoisotopic (exact) mass is 374 g/mol. The van der Waals surface area contributed by atoms with Gasteiger partial charge in [0.15, 0.2) is 5.16 Å². The van der Waals surface area contributed by atoms with Crippen LogP contribution in [0.15, 0.2) is 46.9 Å². The second kappa shape index (κ2) is 8.66. The van der Waals surface area contributed by atoms with Gasteiger partial charge in [-0.05, 0) is 32.9 Å². The molecule has 0 fully saturated rings. The number of hydrogen-bond donors (Lipinski definition) is 2. The number of carbonyl (C=O) groups excluding carboxylic acids is 2. The van der Waals surface area contributed by atoms with Crippen LogP contribution in [0.4, 0.5) is 4.79 Å². The van der Waals surface area contributed by atoms with Gasteiger partial charge in [-0.2, -0.15) is 0 Å². The third-order valence-electron chi connectivity index (χ3n) is 3.45. The molecule has 3 amide bonds. The van der Waals surface area contributed by atoms with Crippen LogP contribution in [-0.2, 0) is 11.3 Å². The van der Waals surface area contributed by atoms with Crippen LogP contribution in [0.5, 0.6) is 0 Å². The number of para-hydroxylation sites is 1. The van der Waals surface area contributed by atoms with Crippen molar-refractivity contribution in [1.82, 2.24) is 20.2 Å². The van der Waals surface area contributed by atoms with Crippen molar-refractivity contribution >= 4 is 34.6 Å². The standard InChI is InChI=1S/C18H22N4O3S/c1-5-10-22-16(24)13-8-6-7-9-14(13)20-18(22)26-12(4)15(23)21-17(25)19-11(2)3/h5-9,11-12H,1,10H2,2-4H3,(H2,19,21,23,25)/t12-/m1/s1. The topological polar surface area (TPSA) is 93.1 Å². The smallest absolute Gasteiger partial charge is 0.321 e. The lowest BCUT2D eigenvalue weighted by Gasteiger charge is -2.16. The summed E-state index contributed by atoms with van der Waals surface area (Å²) in [5.74, 6) is -0.458. The normalized spacial score (nSPS) is 12.0. The highest BCUT2D eigenvalue weighted by Gasteiger charge is 2.20. The molecule has 0 saturated carbocycles. The van der Waals surface area contributed by atoms with Gasteiger partial charge in [0, 0.05) is 12.6 Å². The number of nitrogens with one attached hydrogen (secondary N) is 2. The Kier molecular flexibility index (Phi) is 6.57. The zero-order valence-electron chi connectivity index (χ0n) is 15.0. The minimum absolute atomic E-state index is 0.0781. The third-order valence-corrected chi connectivity index (χ3v) is 4.54. The number of rotatable bonds is 6. The number of amides is 3. The third kappa shape index (κ3) is 4.72.